The van der Waals surface area contributed by atoms with Gasteiger partial charge in [-0.3, -0.25) is 4.98 Å². The molecule has 1 nitrogen and oxygen atoms in total. The fourth-order valence-electron chi connectivity index (χ4n) is 0.882. The summed E-state index contributed by atoms with van der Waals surface area (Å²) in [6, 6.07) is 4.14. The molecule has 0 spiro atoms. The highest BCUT2D eigenvalue weighted by Gasteiger charge is 1.95. The summed E-state index contributed by atoms with van der Waals surface area (Å²) in [7, 11) is 0. The van der Waals surface area contributed by atoms with Crippen LogP contribution < -0.4 is 0 Å². The van der Waals surface area contributed by atoms with Crippen molar-refractivity contribution in [2.75, 3.05) is 5.75 Å². The molecule has 0 saturated heterocycles. The maximum Gasteiger partial charge on any atom is 0.0412 e. The molecule has 2 heteroatoms. The van der Waals surface area contributed by atoms with E-state index in [0.29, 0.717) is 0 Å². The molecular weight excluding hydrogens is 154 g/mol. The van der Waals surface area contributed by atoms with E-state index < -0.39 is 0 Å². The predicted octanol–water partition coefficient (Wildman–Crippen LogP) is 2.64. The summed E-state index contributed by atoms with van der Waals surface area (Å²) < 4.78 is 0. The van der Waals surface area contributed by atoms with E-state index in [1.54, 1.807) is 0 Å². The van der Waals surface area contributed by atoms with Crippen molar-refractivity contribution in [2.24, 2.45) is 0 Å². The van der Waals surface area contributed by atoms with Gasteiger partial charge in [0.1, 0.15) is 0 Å². The second-order valence-electron chi connectivity index (χ2n) is 2.39. The van der Waals surface area contributed by atoms with E-state index in [9.17, 15) is 0 Å². The molecule has 60 valence electrons. The number of aromatic nitrogens is 1. The lowest BCUT2D eigenvalue weighted by atomic mass is 10.2. The Morgan fingerprint density at radius 1 is 1.55 bits per heavy atom. The fourth-order valence-corrected chi connectivity index (χ4v) is 1.61. The quantitative estimate of drug-likeness (QED) is 0.686. The number of nitrogens with zero attached hydrogens (tertiary/aromatic N) is 1. The van der Waals surface area contributed by atoms with Gasteiger partial charge in [0.15, 0.2) is 0 Å². The SMILES string of the molecule is CCSCc1cccnc1C. The lowest BCUT2D eigenvalue weighted by molar-refractivity contribution is 1.14. The van der Waals surface area contributed by atoms with Gasteiger partial charge in [0.2, 0.25) is 0 Å². The molecule has 0 bridgehead atoms. The van der Waals surface area contributed by atoms with Crippen LogP contribution in [0.25, 0.3) is 0 Å². The second-order valence-corrected chi connectivity index (χ2v) is 3.66. The van der Waals surface area contributed by atoms with Crippen molar-refractivity contribution in [2.45, 2.75) is 19.6 Å². The molecule has 1 rings (SSSR count). The predicted molar refractivity (Wildman–Crippen MR) is 50.8 cm³/mol. The zero-order valence-electron chi connectivity index (χ0n) is 7.00. The van der Waals surface area contributed by atoms with Gasteiger partial charge in [0, 0.05) is 17.6 Å². The van der Waals surface area contributed by atoms with Gasteiger partial charge in [-0.25, -0.2) is 0 Å². The molecule has 0 aliphatic carbocycles. The summed E-state index contributed by atoms with van der Waals surface area (Å²) in [5, 5.41) is 0. The molecule has 0 amide bonds. The molecule has 0 atom stereocenters. The largest absolute Gasteiger partial charge is 0.261 e. The number of aryl methyl sites for hydroxylation is 1. The van der Waals surface area contributed by atoms with Crippen LogP contribution >= 0.6 is 11.8 Å². The molecular formula is C9H13NS. The number of thioether (sulfide) groups is 1. The average Bonchev–Trinajstić information content (AvgIpc) is 2.03. The minimum absolute atomic E-state index is 1.09. The zero-order valence-corrected chi connectivity index (χ0v) is 7.82. The monoisotopic (exact) mass is 167 g/mol. The summed E-state index contributed by atoms with van der Waals surface area (Å²) in [6.07, 6.45) is 1.84. The number of rotatable bonds is 3. The Kier molecular flexibility index (Phi) is 3.43. The van der Waals surface area contributed by atoms with E-state index in [1.165, 1.54) is 11.3 Å². The third-order valence-electron chi connectivity index (χ3n) is 1.58. The molecule has 0 aliphatic rings. The van der Waals surface area contributed by atoms with E-state index in [0.717, 1.165) is 11.4 Å². The number of hydrogen-bond acceptors (Lipinski definition) is 2. The van der Waals surface area contributed by atoms with Crippen LogP contribution in [0.2, 0.25) is 0 Å². The Morgan fingerprint density at radius 3 is 3.00 bits per heavy atom. The highest BCUT2D eigenvalue weighted by atomic mass is 32.2. The molecule has 0 saturated carbocycles. The number of hydrogen-bond donors (Lipinski definition) is 0. The van der Waals surface area contributed by atoms with Crippen molar-refractivity contribution >= 4 is 11.8 Å². The molecule has 0 N–H and O–H groups in total. The van der Waals surface area contributed by atoms with Crippen LogP contribution in [0.4, 0.5) is 0 Å². The highest BCUT2D eigenvalue weighted by molar-refractivity contribution is 7.98. The molecule has 11 heavy (non-hydrogen) atoms. The van der Waals surface area contributed by atoms with Crippen molar-refractivity contribution < 1.29 is 0 Å². The fraction of sp³-hybridized carbons (Fsp3) is 0.444. The summed E-state index contributed by atoms with van der Waals surface area (Å²) in [5.74, 6) is 2.27. The second kappa shape index (κ2) is 4.39. The lowest BCUT2D eigenvalue weighted by Crippen LogP contribution is -1.88. The minimum Gasteiger partial charge on any atom is -0.261 e. The Morgan fingerprint density at radius 2 is 2.36 bits per heavy atom. The van der Waals surface area contributed by atoms with Gasteiger partial charge in [-0.15, -0.1) is 0 Å². The van der Waals surface area contributed by atoms with Gasteiger partial charge in [-0.1, -0.05) is 13.0 Å². The van der Waals surface area contributed by atoms with Crippen molar-refractivity contribution in [3.05, 3.63) is 29.6 Å². The van der Waals surface area contributed by atoms with Gasteiger partial charge >= 0.3 is 0 Å². The molecule has 1 heterocycles. The van der Waals surface area contributed by atoms with Crippen LogP contribution in [0, 0.1) is 6.92 Å². The molecule has 1 aromatic rings. The van der Waals surface area contributed by atoms with Crippen molar-refractivity contribution in [3.63, 3.8) is 0 Å². The van der Waals surface area contributed by atoms with Crippen LogP contribution in [0.5, 0.6) is 0 Å². The molecule has 0 fully saturated rings. The van der Waals surface area contributed by atoms with Crippen LogP contribution in [0.15, 0.2) is 18.3 Å². The van der Waals surface area contributed by atoms with E-state index in [2.05, 4.69) is 24.9 Å². The minimum atomic E-state index is 1.09. The Bertz CT molecular complexity index is 223. The third kappa shape index (κ3) is 2.54. The standard InChI is InChI=1S/C9H13NS/c1-3-11-7-9-5-4-6-10-8(9)2/h4-6H,3,7H2,1-2H3. The van der Waals surface area contributed by atoms with Gasteiger partial charge in [0.25, 0.3) is 0 Å². The zero-order chi connectivity index (χ0) is 8.10. The van der Waals surface area contributed by atoms with E-state index in [-0.39, 0.29) is 0 Å². The first-order valence-corrected chi connectivity index (χ1v) is 4.98. The van der Waals surface area contributed by atoms with E-state index >= 15 is 0 Å². The Hall–Kier alpha value is -0.500. The Labute approximate surface area is 72.2 Å². The smallest absolute Gasteiger partial charge is 0.0412 e. The first-order valence-electron chi connectivity index (χ1n) is 3.83. The first kappa shape index (κ1) is 8.60. The van der Waals surface area contributed by atoms with Crippen molar-refractivity contribution in [1.82, 2.24) is 4.98 Å². The summed E-state index contributed by atoms with van der Waals surface area (Å²) in [5.41, 5.74) is 2.52. The van der Waals surface area contributed by atoms with Crippen molar-refractivity contribution in [3.8, 4) is 0 Å². The summed E-state index contributed by atoms with van der Waals surface area (Å²) >= 11 is 1.94. The van der Waals surface area contributed by atoms with Crippen LogP contribution in [-0.4, -0.2) is 10.7 Å². The van der Waals surface area contributed by atoms with Gasteiger partial charge in [-0.2, -0.15) is 11.8 Å². The van der Waals surface area contributed by atoms with Gasteiger partial charge < -0.3 is 0 Å². The average molecular weight is 167 g/mol. The van der Waals surface area contributed by atoms with E-state index in [4.69, 9.17) is 0 Å². The lowest BCUT2D eigenvalue weighted by Gasteiger charge is -2.01. The van der Waals surface area contributed by atoms with E-state index in [1.807, 2.05) is 24.0 Å². The summed E-state index contributed by atoms with van der Waals surface area (Å²) in [4.78, 5) is 4.22. The highest BCUT2D eigenvalue weighted by Crippen LogP contribution is 2.13. The summed E-state index contributed by atoms with van der Waals surface area (Å²) in [6.45, 7) is 4.24. The van der Waals surface area contributed by atoms with Crippen LogP contribution in [0.3, 0.4) is 0 Å². The van der Waals surface area contributed by atoms with Crippen molar-refractivity contribution in [1.29, 1.82) is 0 Å². The first-order chi connectivity index (χ1) is 5.34. The topological polar surface area (TPSA) is 12.9 Å². The molecule has 0 aromatic carbocycles. The van der Waals surface area contributed by atoms with Gasteiger partial charge in [-0.05, 0) is 24.3 Å². The maximum atomic E-state index is 4.22. The number of pyridine rings is 1. The molecule has 1 aromatic heterocycles. The van der Waals surface area contributed by atoms with Gasteiger partial charge in [0.05, 0.1) is 0 Å². The van der Waals surface area contributed by atoms with Crippen LogP contribution in [-0.2, 0) is 5.75 Å². The third-order valence-corrected chi connectivity index (χ3v) is 2.50. The molecule has 0 radical (unpaired) electrons. The maximum absolute atomic E-state index is 4.22. The van der Waals surface area contributed by atoms with Crippen LogP contribution in [0.1, 0.15) is 18.2 Å². The molecule has 0 aliphatic heterocycles. The normalized spacial score (nSPS) is 10.0. The molecule has 0 unspecified atom stereocenters. The Balaban J connectivity index is 2.62.